The van der Waals surface area contributed by atoms with Crippen LogP contribution in [0, 0.1) is 5.82 Å². The van der Waals surface area contributed by atoms with E-state index in [1.54, 1.807) is 24.3 Å². The number of para-hydroxylation sites is 1. The SMILES string of the molecule is CC(OC(=O)CCc1nc(-c2ccc(F)cc2)no1)C(=O)Nc1ccccc1Cl. The average Bonchev–Trinajstić information content (AvgIpc) is 3.17. The number of anilines is 1. The van der Waals surface area contributed by atoms with E-state index in [1.165, 1.54) is 31.2 Å². The van der Waals surface area contributed by atoms with Crippen LogP contribution in [0.25, 0.3) is 11.4 Å². The zero-order valence-corrected chi connectivity index (χ0v) is 16.1. The van der Waals surface area contributed by atoms with E-state index < -0.39 is 18.0 Å². The monoisotopic (exact) mass is 417 g/mol. The van der Waals surface area contributed by atoms with Crippen LogP contribution in [-0.2, 0) is 20.7 Å². The molecule has 0 saturated carbocycles. The maximum absolute atomic E-state index is 13.0. The number of esters is 1. The third-order valence-corrected chi connectivity index (χ3v) is 4.25. The fourth-order valence-corrected chi connectivity index (χ4v) is 2.57. The molecule has 1 amide bonds. The highest BCUT2D eigenvalue weighted by Gasteiger charge is 2.19. The highest BCUT2D eigenvalue weighted by molar-refractivity contribution is 6.33. The van der Waals surface area contributed by atoms with Gasteiger partial charge in [0.1, 0.15) is 5.82 Å². The maximum Gasteiger partial charge on any atom is 0.307 e. The van der Waals surface area contributed by atoms with E-state index >= 15 is 0 Å². The number of hydrogen-bond donors (Lipinski definition) is 1. The van der Waals surface area contributed by atoms with Crippen molar-refractivity contribution in [3.8, 4) is 11.4 Å². The number of nitrogens with zero attached hydrogens (tertiary/aromatic N) is 2. The van der Waals surface area contributed by atoms with Gasteiger partial charge in [-0.3, -0.25) is 9.59 Å². The van der Waals surface area contributed by atoms with E-state index in [9.17, 15) is 14.0 Å². The molecule has 1 N–H and O–H groups in total. The summed E-state index contributed by atoms with van der Waals surface area (Å²) in [6.45, 7) is 1.46. The molecule has 0 radical (unpaired) electrons. The molecule has 2 aromatic carbocycles. The minimum absolute atomic E-state index is 0.0469. The molecular formula is C20H17ClFN3O4. The number of hydrogen-bond acceptors (Lipinski definition) is 6. The van der Waals surface area contributed by atoms with Crippen molar-refractivity contribution in [2.75, 3.05) is 5.32 Å². The zero-order chi connectivity index (χ0) is 20.8. The van der Waals surface area contributed by atoms with E-state index in [0.29, 0.717) is 22.1 Å². The predicted octanol–water partition coefficient (Wildman–Crippen LogP) is 4.03. The lowest BCUT2D eigenvalue weighted by Crippen LogP contribution is -2.30. The Labute approximate surface area is 170 Å². The zero-order valence-electron chi connectivity index (χ0n) is 15.4. The van der Waals surface area contributed by atoms with Gasteiger partial charge in [0.05, 0.1) is 17.1 Å². The maximum atomic E-state index is 13.0. The summed E-state index contributed by atoms with van der Waals surface area (Å²) < 4.78 is 23.2. The van der Waals surface area contributed by atoms with Crippen LogP contribution in [0.3, 0.4) is 0 Å². The second-order valence-electron chi connectivity index (χ2n) is 6.12. The Balaban J connectivity index is 1.49. The van der Waals surface area contributed by atoms with Gasteiger partial charge in [-0.05, 0) is 43.3 Å². The number of ether oxygens (including phenoxy) is 1. The Hall–Kier alpha value is -3.26. The molecule has 3 aromatic rings. The van der Waals surface area contributed by atoms with E-state index in [0.717, 1.165) is 0 Å². The van der Waals surface area contributed by atoms with Crippen LogP contribution >= 0.6 is 11.6 Å². The molecule has 0 aliphatic heterocycles. The number of rotatable bonds is 7. The molecule has 29 heavy (non-hydrogen) atoms. The van der Waals surface area contributed by atoms with E-state index in [2.05, 4.69) is 15.5 Å². The van der Waals surface area contributed by atoms with Gasteiger partial charge in [0.15, 0.2) is 6.10 Å². The van der Waals surface area contributed by atoms with Gasteiger partial charge in [0, 0.05) is 12.0 Å². The molecule has 0 bridgehead atoms. The van der Waals surface area contributed by atoms with Gasteiger partial charge >= 0.3 is 5.97 Å². The van der Waals surface area contributed by atoms with Crippen LogP contribution in [0.2, 0.25) is 5.02 Å². The lowest BCUT2D eigenvalue weighted by Gasteiger charge is -2.13. The van der Waals surface area contributed by atoms with Crippen molar-refractivity contribution in [2.45, 2.75) is 25.9 Å². The molecule has 0 aliphatic rings. The molecule has 7 nitrogen and oxygen atoms in total. The van der Waals surface area contributed by atoms with Gasteiger partial charge < -0.3 is 14.6 Å². The van der Waals surface area contributed by atoms with Gasteiger partial charge in [-0.1, -0.05) is 28.9 Å². The standard InChI is InChI=1S/C20H17ClFN3O4/c1-12(20(27)23-16-5-3-2-4-15(16)21)28-18(26)11-10-17-24-19(25-29-17)13-6-8-14(22)9-7-13/h2-9,12H,10-11H2,1H3,(H,23,27). The lowest BCUT2D eigenvalue weighted by molar-refractivity contribution is -0.153. The lowest BCUT2D eigenvalue weighted by atomic mass is 10.2. The molecule has 150 valence electrons. The number of aromatic nitrogens is 2. The fourth-order valence-electron chi connectivity index (χ4n) is 2.39. The normalized spacial score (nSPS) is 11.7. The predicted molar refractivity (Wildman–Crippen MR) is 104 cm³/mol. The summed E-state index contributed by atoms with van der Waals surface area (Å²) in [5.74, 6) is -0.931. The van der Waals surface area contributed by atoms with Crippen molar-refractivity contribution in [2.24, 2.45) is 0 Å². The van der Waals surface area contributed by atoms with Crippen LogP contribution < -0.4 is 5.32 Å². The van der Waals surface area contributed by atoms with Crippen molar-refractivity contribution >= 4 is 29.2 Å². The molecule has 1 unspecified atom stereocenters. The number of nitrogens with one attached hydrogen (secondary N) is 1. The van der Waals surface area contributed by atoms with Crippen LogP contribution in [0.15, 0.2) is 53.1 Å². The number of benzene rings is 2. The van der Waals surface area contributed by atoms with E-state index in [-0.39, 0.29) is 24.5 Å². The summed E-state index contributed by atoms with van der Waals surface area (Å²) in [4.78, 5) is 28.3. The number of aryl methyl sites for hydroxylation is 1. The van der Waals surface area contributed by atoms with E-state index in [4.69, 9.17) is 20.9 Å². The van der Waals surface area contributed by atoms with Gasteiger partial charge in [-0.25, -0.2) is 4.39 Å². The molecular weight excluding hydrogens is 401 g/mol. The number of carbonyl (C=O) groups excluding carboxylic acids is 2. The Morgan fingerprint density at radius 2 is 1.93 bits per heavy atom. The van der Waals surface area contributed by atoms with Crippen molar-refractivity contribution in [1.29, 1.82) is 0 Å². The van der Waals surface area contributed by atoms with Gasteiger partial charge in [0.2, 0.25) is 11.7 Å². The summed E-state index contributed by atoms with van der Waals surface area (Å²) in [5.41, 5.74) is 1.02. The van der Waals surface area contributed by atoms with Crippen LogP contribution in [-0.4, -0.2) is 28.1 Å². The summed E-state index contributed by atoms with van der Waals surface area (Å²) in [5, 5.41) is 6.78. The highest BCUT2D eigenvalue weighted by Crippen LogP contribution is 2.21. The smallest absolute Gasteiger partial charge is 0.307 e. The topological polar surface area (TPSA) is 94.3 Å². The fraction of sp³-hybridized carbons (Fsp3) is 0.200. The largest absolute Gasteiger partial charge is 0.453 e. The average molecular weight is 418 g/mol. The minimum Gasteiger partial charge on any atom is -0.453 e. The van der Waals surface area contributed by atoms with Gasteiger partial charge in [0.25, 0.3) is 5.91 Å². The first-order valence-corrected chi connectivity index (χ1v) is 9.13. The van der Waals surface area contributed by atoms with Crippen LogP contribution in [0.4, 0.5) is 10.1 Å². The van der Waals surface area contributed by atoms with Crippen molar-refractivity contribution < 1.29 is 23.2 Å². The second-order valence-corrected chi connectivity index (χ2v) is 6.53. The highest BCUT2D eigenvalue weighted by atomic mass is 35.5. The molecule has 0 saturated heterocycles. The molecule has 9 heteroatoms. The molecule has 1 atom stereocenters. The number of carbonyl (C=O) groups is 2. The third-order valence-electron chi connectivity index (χ3n) is 3.92. The van der Waals surface area contributed by atoms with Crippen molar-refractivity contribution in [3.63, 3.8) is 0 Å². The van der Waals surface area contributed by atoms with Gasteiger partial charge in [-0.2, -0.15) is 4.98 Å². The van der Waals surface area contributed by atoms with Crippen molar-refractivity contribution in [3.05, 3.63) is 65.3 Å². The third kappa shape index (κ3) is 5.61. The summed E-state index contributed by atoms with van der Waals surface area (Å²) in [6.07, 6.45) is -0.906. The van der Waals surface area contributed by atoms with Crippen molar-refractivity contribution in [1.82, 2.24) is 10.1 Å². The molecule has 1 heterocycles. The quantitative estimate of drug-likeness (QED) is 0.583. The first kappa shape index (κ1) is 20.5. The first-order chi connectivity index (χ1) is 13.9. The summed E-state index contributed by atoms with van der Waals surface area (Å²) >= 11 is 5.99. The molecule has 0 spiro atoms. The minimum atomic E-state index is -1.00. The Morgan fingerprint density at radius 3 is 2.66 bits per heavy atom. The molecule has 0 aliphatic carbocycles. The number of halogens is 2. The summed E-state index contributed by atoms with van der Waals surface area (Å²) in [6, 6.07) is 12.4. The van der Waals surface area contributed by atoms with Gasteiger partial charge in [-0.15, -0.1) is 0 Å². The van der Waals surface area contributed by atoms with E-state index in [1.807, 2.05) is 0 Å². The molecule has 3 rings (SSSR count). The first-order valence-electron chi connectivity index (χ1n) is 8.76. The van der Waals surface area contributed by atoms with Crippen LogP contribution in [0.5, 0.6) is 0 Å². The Kier molecular flexibility index (Phi) is 6.56. The molecule has 0 fully saturated rings. The molecule has 1 aromatic heterocycles. The van der Waals surface area contributed by atoms with Crippen LogP contribution in [0.1, 0.15) is 19.2 Å². The summed E-state index contributed by atoms with van der Waals surface area (Å²) in [7, 11) is 0. The Bertz CT molecular complexity index is 1010. The number of amides is 1. The second kappa shape index (κ2) is 9.29. The Morgan fingerprint density at radius 1 is 1.21 bits per heavy atom.